The first-order chi connectivity index (χ1) is 12.7. The number of ether oxygens (including phenoxy) is 1. The fraction of sp³-hybridized carbons (Fsp3) is 0.143. The van der Waals surface area contributed by atoms with Crippen molar-refractivity contribution in [1.82, 2.24) is 10.3 Å². The average molecular weight is 348 g/mol. The molecule has 2 heterocycles. The zero-order valence-corrected chi connectivity index (χ0v) is 13.9. The van der Waals surface area contributed by atoms with Crippen LogP contribution in [0.4, 0.5) is 4.39 Å². The lowest BCUT2D eigenvalue weighted by Gasteiger charge is -2.21. The minimum absolute atomic E-state index is 0.144. The summed E-state index contributed by atoms with van der Waals surface area (Å²) in [4.78, 5) is 17.3. The van der Waals surface area contributed by atoms with Gasteiger partial charge in [0.2, 0.25) is 5.91 Å². The van der Waals surface area contributed by atoms with Gasteiger partial charge >= 0.3 is 0 Å². The highest BCUT2D eigenvalue weighted by Crippen LogP contribution is 2.34. The van der Waals surface area contributed by atoms with Gasteiger partial charge in [-0.25, -0.2) is 4.39 Å². The number of para-hydroxylation sites is 1. The summed E-state index contributed by atoms with van der Waals surface area (Å²) >= 11 is 0. The summed E-state index contributed by atoms with van der Waals surface area (Å²) < 4.78 is 18.9. The van der Waals surface area contributed by atoms with E-state index in [2.05, 4.69) is 10.3 Å². The first kappa shape index (κ1) is 16.3. The van der Waals surface area contributed by atoms with E-state index in [-0.39, 0.29) is 17.6 Å². The van der Waals surface area contributed by atoms with Crippen molar-refractivity contribution in [2.75, 3.05) is 6.61 Å². The van der Waals surface area contributed by atoms with E-state index < -0.39 is 6.04 Å². The molecule has 0 bridgehead atoms. The maximum absolute atomic E-state index is 13.3. The van der Waals surface area contributed by atoms with Crippen LogP contribution in [0.5, 0.6) is 5.75 Å². The molecule has 1 N–H and O–H groups in total. The van der Waals surface area contributed by atoms with Crippen molar-refractivity contribution in [1.29, 1.82) is 0 Å². The van der Waals surface area contributed by atoms with Crippen LogP contribution >= 0.6 is 0 Å². The van der Waals surface area contributed by atoms with E-state index in [0.29, 0.717) is 12.3 Å². The normalized spacial score (nSPS) is 16.4. The third-order valence-corrected chi connectivity index (χ3v) is 4.49. The summed E-state index contributed by atoms with van der Waals surface area (Å²) in [5, 5.41) is 3.05. The van der Waals surface area contributed by atoms with E-state index in [9.17, 15) is 9.18 Å². The van der Waals surface area contributed by atoms with Gasteiger partial charge in [-0.2, -0.15) is 0 Å². The third kappa shape index (κ3) is 3.16. The molecule has 4 nitrogen and oxygen atoms in total. The number of carbonyl (C=O) groups is 1. The SMILES string of the molecule is O=C(N[C@H](c1ccc(F)cc1)c1ccccn1)[C@H]1COc2ccccc21. The predicted molar refractivity (Wildman–Crippen MR) is 95.3 cm³/mol. The Morgan fingerprint density at radius 3 is 2.62 bits per heavy atom. The Hall–Kier alpha value is -3.21. The summed E-state index contributed by atoms with van der Waals surface area (Å²) in [6.07, 6.45) is 1.67. The first-order valence-electron chi connectivity index (χ1n) is 8.41. The number of halogens is 1. The first-order valence-corrected chi connectivity index (χ1v) is 8.41. The summed E-state index contributed by atoms with van der Waals surface area (Å²) in [5.74, 6) is -0.102. The van der Waals surface area contributed by atoms with Gasteiger partial charge in [-0.05, 0) is 35.9 Å². The van der Waals surface area contributed by atoms with Crippen LogP contribution < -0.4 is 10.1 Å². The molecular weight excluding hydrogens is 331 g/mol. The number of hydrogen-bond acceptors (Lipinski definition) is 3. The number of pyridine rings is 1. The van der Waals surface area contributed by atoms with Gasteiger partial charge in [0.25, 0.3) is 0 Å². The highest BCUT2D eigenvalue weighted by molar-refractivity contribution is 5.86. The largest absolute Gasteiger partial charge is 0.492 e. The van der Waals surface area contributed by atoms with Crippen molar-refractivity contribution in [2.24, 2.45) is 0 Å². The summed E-state index contributed by atoms with van der Waals surface area (Å²) in [6.45, 7) is 0.309. The van der Waals surface area contributed by atoms with Crippen molar-refractivity contribution < 1.29 is 13.9 Å². The Morgan fingerprint density at radius 2 is 1.85 bits per heavy atom. The van der Waals surface area contributed by atoms with E-state index >= 15 is 0 Å². The molecule has 1 aliphatic rings. The molecule has 1 aromatic heterocycles. The van der Waals surface area contributed by atoms with Gasteiger partial charge in [-0.3, -0.25) is 9.78 Å². The number of amides is 1. The molecule has 0 spiro atoms. The highest BCUT2D eigenvalue weighted by Gasteiger charge is 2.32. The second kappa shape index (κ2) is 6.96. The Balaban J connectivity index is 1.63. The minimum Gasteiger partial charge on any atom is -0.492 e. The second-order valence-electron chi connectivity index (χ2n) is 6.15. The number of nitrogens with one attached hydrogen (secondary N) is 1. The van der Waals surface area contributed by atoms with E-state index in [1.807, 2.05) is 42.5 Å². The van der Waals surface area contributed by atoms with Crippen LogP contribution in [0.15, 0.2) is 72.9 Å². The fourth-order valence-corrected chi connectivity index (χ4v) is 3.15. The monoisotopic (exact) mass is 348 g/mol. The predicted octanol–water partition coefficient (Wildman–Crippen LogP) is 3.60. The molecule has 2 atom stereocenters. The molecule has 3 aromatic rings. The molecule has 0 radical (unpaired) electrons. The topological polar surface area (TPSA) is 51.2 Å². The molecule has 4 rings (SSSR count). The van der Waals surface area contributed by atoms with Crippen LogP contribution in [-0.4, -0.2) is 17.5 Å². The van der Waals surface area contributed by atoms with Gasteiger partial charge < -0.3 is 10.1 Å². The van der Waals surface area contributed by atoms with Crippen molar-refractivity contribution in [3.8, 4) is 5.75 Å². The Labute approximate surface area is 150 Å². The standard InChI is InChI=1S/C21H17FN2O2/c22-15-10-8-14(9-11-15)20(18-6-3-4-12-23-18)24-21(25)17-13-26-19-7-2-1-5-16(17)19/h1-12,17,20H,13H2,(H,24,25)/t17-,20+/m0/s1. The van der Waals surface area contributed by atoms with E-state index in [1.54, 1.807) is 18.3 Å². The molecule has 26 heavy (non-hydrogen) atoms. The zero-order valence-electron chi connectivity index (χ0n) is 13.9. The quantitative estimate of drug-likeness (QED) is 0.784. The van der Waals surface area contributed by atoms with Gasteiger partial charge in [-0.15, -0.1) is 0 Å². The molecule has 5 heteroatoms. The molecule has 0 saturated heterocycles. The molecule has 0 unspecified atom stereocenters. The number of aromatic nitrogens is 1. The van der Waals surface area contributed by atoms with Crippen LogP contribution in [0, 0.1) is 5.82 Å². The molecule has 0 aliphatic carbocycles. The van der Waals surface area contributed by atoms with Gasteiger partial charge in [0.1, 0.15) is 24.1 Å². The van der Waals surface area contributed by atoms with E-state index in [4.69, 9.17) is 4.74 Å². The number of hydrogen-bond donors (Lipinski definition) is 1. The molecule has 2 aromatic carbocycles. The zero-order chi connectivity index (χ0) is 17.9. The van der Waals surface area contributed by atoms with Crippen molar-refractivity contribution >= 4 is 5.91 Å². The Morgan fingerprint density at radius 1 is 1.08 bits per heavy atom. The van der Waals surface area contributed by atoms with Crippen LogP contribution in [0.3, 0.4) is 0 Å². The molecule has 130 valence electrons. The van der Waals surface area contributed by atoms with Gasteiger partial charge in [0, 0.05) is 11.8 Å². The average Bonchev–Trinajstić information content (AvgIpc) is 3.12. The maximum Gasteiger partial charge on any atom is 0.231 e. The number of fused-ring (bicyclic) bond motifs is 1. The van der Waals surface area contributed by atoms with Gasteiger partial charge in [0.15, 0.2) is 0 Å². The van der Waals surface area contributed by atoms with Crippen molar-refractivity contribution in [3.63, 3.8) is 0 Å². The molecule has 1 aliphatic heterocycles. The lowest BCUT2D eigenvalue weighted by Crippen LogP contribution is -2.34. The van der Waals surface area contributed by atoms with Gasteiger partial charge in [-0.1, -0.05) is 36.4 Å². The summed E-state index contributed by atoms with van der Waals surface area (Å²) in [5.41, 5.74) is 2.34. The van der Waals surface area contributed by atoms with Crippen LogP contribution in [0.25, 0.3) is 0 Å². The van der Waals surface area contributed by atoms with Crippen LogP contribution in [-0.2, 0) is 4.79 Å². The van der Waals surface area contributed by atoms with E-state index in [0.717, 1.165) is 16.9 Å². The molecular formula is C21H17FN2O2. The minimum atomic E-state index is -0.461. The molecule has 0 saturated carbocycles. The smallest absolute Gasteiger partial charge is 0.231 e. The lowest BCUT2D eigenvalue weighted by atomic mass is 9.98. The number of benzene rings is 2. The lowest BCUT2D eigenvalue weighted by molar-refractivity contribution is -0.123. The Kier molecular flexibility index (Phi) is 4.35. The number of carbonyl (C=O) groups excluding carboxylic acids is 1. The highest BCUT2D eigenvalue weighted by atomic mass is 19.1. The fourth-order valence-electron chi connectivity index (χ4n) is 3.15. The summed E-state index contributed by atoms with van der Waals surface area (Å²) in [6, 6.07) is 18.7. The van der Waals surface area contributed by atoms with Crippen molar-refractivity contribution in [3.05, 3.63) is 95.6 Å². The molecule has 1 amide bonds. The third-order valence-electron chi connectivity index (χ3n) is 4.49. The Bertz CT molecular complexity index is 913. The van der Waals surface area contributed by atoms with Crippen LogP contribution in [0.1, 0.15) is 28.8 Å². The summed E-state index contributed by atoms with van der Waals surface area (Å²) in [7, 11) is 0. The number of nitrogens with zero attached hydrogens (tertiary/aromatic N) is 1. The van der Waals surface area contributed by atoms with Crippen LogP contribution in [0.2, 0.25) is 0 Å². The second-order valence-corrected chi connectivity index (χ2v) is 6.15. The molecule has 0 fully saturated rings. The van der Waals surface area contributed by atoms with Crippen molar-refractivity contribution in [2.45, 2.75) is 12.0 Å². The maximum atomic E-state index is 13.3. The van der Waals surface area contributed by atoms with E-state index in [1.165, 1.54) is 12.1 Å². The van der Waals surface area contributed by atoms with Gasteiger partial charge in [0.05, 0.1) is 11.7 Å². The number of rotatable bonds is 4.